The molecule has 4 nitrogen and oxygen atoms in total. The summed E-state index contributed by atoms with van der Waals surface area (Å²) in [5.41, 5.74) is 4.99. The highest BCUT2D eigenvalue weighted by atomic mass is 79.9. The highest BCUT2D eigenvalue weighted by molar-refractivity contribution is 9.10. The maximum atomic E-state index is 13.1. The molecule has 2 aromatic carbocycles. The molecule has 4 rings (SSSR count). The van der Waals surface area contributed by atoms with Crippen LogP contribution in [-0.4, -0.2) is 27.1 Å². The van der Waals surface area contributed by atoms with E-state index in [4.69, 9.17) is 11.6 Å². The van der Waals surface area contributed by atoms with E-state index in [2.05, 4.69) is 73.5 Å². The second kappa shape index (κ2) is 9.59. The topological polar surface area (TPSA) is 37.6 Å². The van der Waals surface area contributed by atoms with Crippen LogP contribution < -0.4 is 0 Å². The predicted octanol–water partition coefficient (Wildman–Crippen LogP) is 7.90. The summed E-state index contributed by atoms with van der Waals surface area (Å²) in [7, 11) is 0. The number of amides is 1. The molecule has 0 unspecified atom stereocenters. The molecule has 3 aromatic rings. The Morgan fingerprint density at radius 1 is 1.12 bits per heavy atom. The monoisotopic (exact) mass is 591 g/mol. The summed E-state index contributed by atoms with van der Waals surface area (Å²) in [5, 5.41) is 1.24. The van der Waals surface area contributed by atoms with Crippen LogP contribution in [0.15, 0.2) is 67.4 Å². The number of thioether (sulfide) groups is 1. The Balaban J connectivity index is 1.70. The van der Waals surface area contributed by atoms with Crippen molar-refractivity contribution in [2.75, 3.05) is 6.54 Å². The van der Waals surface area contributed by atoms with Gasteiger partial charge >= 0.3 is 0 Å². The molecule has 0 bridgehead atoms. The molecular formula is C24H20Br2ClN3OS. The number of aryl methyl sites for hydroxylation is 1. The summed E-state index contributed by atoms with van der Waals surface area (Å²) in [6.45, 7) is 6.64. The molecule has 8 heteroatoms. The second-order valence-electron chi connectivity index (χ2n) is 7.29. The van der Waals surface area contributed by atoms with E-state index in [-0.39, 0.29) is 5.91 Å². The third-order valence-corrected chi connectivity index (χ3v) is 7.89. The van der Waals surface area contributed by atoms with Gasteiger partial charge in [-0.3, -0.25) is 9.69 Å². The first-order valence-electron chi connectivity index (χ1n) is 9.98. The molecule has 2 heterocycles. The normalized spacial score (nSPS) is 16.6. The van der Waals surface area contributed by atoms with Crippen molar-refractivity contribution < 1.29 is 4.79 Å². The van der Waals surface area contributed by atoms with Crippen molar-refractivity contribution in [3.8, 4) is 5.69 Å². The van der Waals surface area contributed by atoms with Gasteiger partial charge in [-0.15, -0.1) is 0 Å². The Kier molecular flexibility index (Phi) is 7.00. The number of hydrogen-bond acceptors (Lipinski definition) is 3. The number of hydrogen-bond donors (Lipinski definition) is 0. The SMILES string of the molecule is CCN1C(=O)/C(=C/c2cc(C)n(-c3cccc(Br)c3)c2C)SC1=Nc1ccc(Br)c(Cl)c1. The van der Waals surface area contributed by atoms with Gasteiger partial charge in [0.1, 0.15) is 0 Å². The Morgan fingerprint density at radius 3 is 2.59 bits per heavy atom. The van der Waals surface area contributed by atoms with Crippen LogP contribution in [0.2, 0.25) is 5.02 Å². The van der Waals surface area contributed by atoms with Crippen molar-refractivity contribution in [2.45, 2.75) is 20.8 Å². The van der Waals surface area contributed by atoms with Crippen LogP contribution in [0.25, 0.3) is 11.8 Å². The number of halogens is 3. The van der Waals surface area contributed by atoms with Crippen LogP contribution in [0.4, 0.5) is 5.69 Å². The van der Waals surface area contributed by atoms with Gasteiger partial charge in [-0.2, -0.15) is 0 Å². The molecule has 1 aliphatic heterocycles. The molecule has 32 heavy (non-hydrogen) atoms. The number of aliphatic imine (C=N–C) groups is 1. The molecule has 0 radical (unpaired) electrons. The summed E-state index contributed by atoms with van der Waals surface area (Å²) in [4.78, 5) is 20.1. The quantitative estimate of drug-likeness (QED) is 0.289. The molecule has 0 atom stereocenters. The molecule has 1 aliphatic rings. The van der Waals surface area contributed by atoms with Gasteiger partial charge < -0.3 is 4.57 Å². The minimum absolute atomic E-state index is 0.0354. The predicted molar refractivity (Wildman–Crippen MR) is 142 cm³/mol. The third-order valence-electron chi connectivity index (χ3n) is 5.16. The molecule has 1 saturated heterocycles. The molecule has 0 aliphatic carbocycles. The van der Waals surface area contributed by atoms with Gasteiger partial charge in [0.2, 0.25) is 0 Å². The maximum absolute atomic E-state index is 13.1. The van der Waals surface area contributed by atoms with Crippen LogP contribution in [0, 0.1) is 13.8 Å². The van der Waals surface area contributed by atoms with Crippen LogP contribution in [0.3, 0.4) is 0 Å². The number of benzene rings is 2. The van der Waals surface area contributed by atoms with Crippen molar-refractivity contribution in [1.29, 1.82) is 0 Å². The van der Waals surface area contributed by atoms with E-state index >= 15 is 0 Å². The van der Waals surface area contributed by atoms with Gasteiger partial charge in [-0.05, 0) is 103 Å². The van der Waals surface area contributed by atoms with Crippen LogP contribution in [-0.2, 0) is 4.79 Å². The maximum Gasteiger partial charge on any atom is 0.266 e. The lowest BCUT2D eigenvalue weighted by Crippen LogP contribution is -2.28. The Bertz CT molecular complexity index is 1280. The van der Waals surface area contributed by atoms with Gasteiger partial charge in [0.15, 0.2) is 5.17 Å². The zero-order chi connectivity index (χ0) is 23.0. The average molecular weight is 594 g/mol. The fraction of sp³-hybridized carbons (Fsp3) is 0.167. The molecular weight excluding hydrogens is 574 g/mol. The fourth-order valence-electron chi connectivity index (χ4n) is 3.62. The van der Waals surface area contributed by atoms with Crippen LogP contribution in [0.5, 0.6) is 0 Å². The Labute approximate surface area is 213 Å². The molecule has 1 fully saturated rings. The van der Waals surface area contributed by atoms with Gasteiger partial charge in [-0.1, -0.05) is 33.6 Å². The van der Waals surface area contributed by atoms with Crippen LogP contribution in [0.1, 0.15) is 23.9 Å². The van der Waals surface area contributed by atoms with E-state index in [1.807, 2.05) is 37.3 Å². The Hall–Kier alpha value is -1.80. The summed E-state index contributed by atoms with van der Waals surface area (Å²) >= 11 is 14.5. The number of likely N-dealkylation sites (N-methyl/N-ethyl adjacent to an activating group) is 1. The van der Waals surface area contributed by atoms with Crippen molar-refractivity contribution in [1.82, 2.24) is 9.47 Å². The lowest BCUT2D eigenvalue weighted by molar-refractivity contribution is -0.122. The summed E-state index contributed by atoms with van der Waals surface area (Å²) in [6, 6.07) is 15.8. The molecule has 0 spiro atoms. The van der Waals surface area contributed by atoms with E-state index in [0.29, 0.717) is 27.3 Å². The van der Waals surface area contributed by atoms with Crippen molar-refractivity contribution in [3.63, 3.8) is 0 Å². The molecule has 0 N–H and O–H groups in total. The van der Waals surface area contributed by atoms with Gasteiger partial charge in [-0.25, -0.2) is 4.99 Å². The largest absolute Gasteiger partial charge is 0.318 e. The molecule has 1 aromatic heterocycles. The van der Waals surface area contributed by atoms with E-state index in [1.54, 1.807) is 11.0 Å². The number of nitrogens with zero attached hydrogens (tertiary/aromatic N) is 3. The molecule has 164 valence electrons. The highest BCUT2D eigenvalue weighted by Gasteiger charge is 2.32. The van der Waals surface area contributed by atoms with Crippen molar-refractivity contribution in [2.24, 2.45) is 4.99 Å². The zero-order valence-electron chi connectivity index (χ0n) is 17.7. The molecule has 1 amide bonds. The van der Waals surface area contributed by atoms with E-state index in [1.165, 1.54) is 11.8 Å². The first kappa shape index (κ1) is 23.4. The smallest absolute Gasteiger partial charge is 0.266 e. The van der Waals surface area contributed by atoms with Crippen LogP contribution >= 0.6 is 55.2 Å². The van der Waals surface area contributed by atoms with E-state index in [9.17, 15) is 4.79 Å². The average Bonchev–Trinajstić information content (AvgIpc) is 3.19. The summed E-state index contributed by atoms with van der Waals surface area (Å²) in [5.74, 6) is -0.0354. The standard InChI is InChI=1S/C24H20Br2ClN3OS/c1-4-29-23(31)22(32-24(29)28-18-8-9-20(26)21(27)13-18)11-16-10-14(2)30(15(16)3)19-7-5-6-17(25)12-19/h5-13H,4H2,1-3H3/b22-11-,28-24?. The minimum atomic E-state index is -0.0354. The van der Waals surface area contributed by atoms with Gasteiger partial charge in [0, 0.05) is 32.6 Å². The first-order valence-corrected chi connectivity index (χ1v) is 12.8. The first-order chi connectivity index (χ1) is 15.3. The number of amidine groups is 1. The highest BCUT2D eigenvalue weighted by Crippen LogP contribution is 2.36. The van der Waals surface area contributed by atoms with Crippen molar-refractivity contribution >= 4 is 78.1 Å². The summed E-state index contributed by atoms with van der Waals surface area (Å²) < 4.78 is 4.03. The third kappa shape index (κ3) is 4.62. The van der Waals surface area contributed by atoms with Gasteiger partial charge in [0.05, 0.1) is 15.6 Å². The lowest BCUT2D eigenvalue weighted by atomic mass is 10.2. The lowest BCUT2D eigenvalue weighted by Gasteiger charge is -2.12. The minimum Gasteiger partial charge on any atom is -0.318 e. The van der Waals surface area contributed by atoms with E-state index < -0.39 is 0 Å². The van der Waals surface area contributed by atoms with Gasteiger partial charge in [0.25, 0.3) is 5.91 Å². The summed E-state index contributed by atoms with van der Waals surface area (Å²) in [6.07, 6.45) is 1.96. The second-order valence-corrected chi connectivity index (χ2v) is 10.5. The fourth-order valence-corrected chi connectivity index (χ4v) is 5.48. The van der Waals surface area contributed by atoms with Crippen molar-refractivity contribution in [3.05, 3.63) is 84.4 Å². The zero-order valence-corrected chi connectivity index (χ0v) is 22.4. The Morgan fingerprint density at radius 2 is 1.91 bits per heavy atom. The number of carbonyl (C=O) groups excluding carboxylic acids is 1. The molecule has 0 saturated carbocycles. The number of aromatic nitrogens is 1. The number of rotatable bonds is 4. The number of carbonyl (C=O) groups is 1. The van der Waals surface area contributed by atoms with E-state index in [0.717, 1.165) is 31.6 Å².